The van der Waals surface area contributed by atoms with Gasteiger partial charge in [-0.05, 0) is 18.6 Å². The first-order chi connectivity index (χ1) is 9.83. The Morgan fingerprint density at radius 2 is 2.00 bits per heavy atom. The summed E-state index contributed by atoms with van der Waals surface area (Å²) in [6.07, 6.45) is 2.28. The molecule has 0 spiro atoms. The van der Waals surface area contributed by atoms with Crippen LogP contribution in [-0.2, 0) is 23.5 Å². The summed E-state index contributed by atoms with van der Waals surface area (Å²) < 4.78 is 28.8. The second kappa shape index (κ2) is 5.82. The first-order valence-corrected chi connectivity index (χ1v) is 8.18. The van der Waals surface area contributed by atoms with Gasteiger partial charge in [0.1, 0.15) is 4.99 Å². The average Bonchev–Trinajstić information content (AvgIpc) is 2.78. The van der Waals surface area contributed by atoms with Crippen LogP contribution in [0.2, 0.25) is 0 Å². The van der Waals surface area contributed by atoms with Crippen LogP contribution in [0.5, 0.6) is 0 Å². The van der Waals surface area contributed by atoms with Crippen LogP contribution in [0.15, 0.2) is 35.4 Å². The summed E-state index contributed by atoms with van der Waals surface area (Å²) in [7, 11) is -1.92. The molecule has 21 heavy (non-hydrogen) atoms. The molecule has 0 aliphatic heterocycles. The number of nitrogens with zero attached hydrogens (tertiary/aromatic N) is 2. The Kier molecular flexibility index (Phi) is 4.29. The quantitative estimate of drug-likeness (QED) is 0.812. The number of anilines is 1. The molecule has 3 N–H and O–H groups in total. The number of hydrogen-bond acceptors (Lipinski definition) is 4. The van der Waals surface area contributed by atoms with E-state index in [0.717, 1.165) is 0 Å². The number of nitrogens with one attached hydrogen (secondary N) is 1. The lowest BCUT2D eigenvalue weighted by Gasteiger charge is -2.08. The van der Waals surface area contributed by atoms with Crippen LogP contribution in [0.3, 0.4) is 0 Å². The van der Waals surface area contributed by atoms with Crippen molar-refractivity contribution in [1.29, 1.82) is 0 Å². The number of aromatic nitrogens is 2. The van der Waals surface area contributed by atoms with Crippen LogP contribution in [0, 0.1) is 0 Å². The maximum Gasteiger partial charge on any atom is 0.262 e. The first-order valence-electron chi connectivity index (χ1n) is 6.28. The van der Waals surface area contributed by atoms with E-state index < -0.39 is 10.0 Å². The highest BCUT2D eigenvalue weighted by Crippen LogP contribution is 2.19. The van der Waals surface area contributed by atoms with Crippen LogP contribution in [-0.4, -0.2) is 23.2 Å². The zero-order valence-corrected chi connectivity index (χ0v) is 13.3. The van der Waals surface area contributed by atoms with Crippen molar-refractivity contribution in [3.63, 3.8) is 0 Å². The van der Waals surface area contributed by atoms with Gasteiger partial charge in [0.2, 0.25) is 0 Å². The monoisotopic (exact) mass is 324 g/mol. The predicted molar refractivity (Wildman–Crippen MR) is 85.7 cm³/mol. The van der Waals surface area contributed by atoms with Crippen molar-refractivity contribution in [1.82, 2.24) is 9.78 Å². The highest BCUT2D eigenvalue weighted by atomic mass is 32.2. The third-order valence-corrected chi connectivity index (χ3v) is 4.55. The highest BCUT2D eigenvalue weighted by Gasteiger charge is 2.17. The minimum absolute atomic E-state index is 0.147. The lowest BCUT2D eigenvalue weighted by molar-refractivity contribution is 0.601. The molecule has 2 aromatic rings. The van der Waals surface area contributed by atoms with E-state index in [1.807, 2.05) is 6.92 Å². The average molecular weight is 324 g/mol. The molecule has 0 amide bonds. The predicted octanol–water partition coefficient (Wildman–Crippen LogP) is 1.42. The number of benzene rings is 1. The van der Waals surface area contributed by atoms with E-state index in [1.54, 1.807) is 30.1 Å². The van der Waals surface area contributed by atoms with Crippen LogP contribution in [0.1, 0.15) is 18.2 Å². The molecule has 0 fully saturated rings. The fraction of sp³-hybridized carbons (Fsp3) is 0.231. The zero-order chi connectivity index (χ0) is 15.6. The van der Waals surface area contributed by atoms with Crippen LogP contribution in [0.4, 0.5) is 5.69 Å². The maximum absolute atomic E-state index is 12.3. The lowest BCUT2D eigenvalue weighted by atomic mass is 10.2. The lowest BCUT2D eigenvalue weighted by Crippen LogP contribution is -2.14. The smallest absolute Gasteiger partial charge is 0.262 e. The van der Waals surface area contributed by atoms with Crippen LogP contribution in [0.25, 0.3) is 0 Å². The van der Waals surface area contributed by atoms with Crippen LogP contribution < -0.4 is 10.5 Å². The number of hydrogen-bond donors (Lipinski definition) is 2. The molecule has 0 bridgehead atoms. The van der Waals surface area contributed by atoms with Crippen molar-refractivity contribution >= 4 is 32.9 Å². The SMILES string of the molecule is CCc1nn(C)cc1NS(=O)(=O)c1ccc(C(N)=S)cc1. The number of thiocarbonyl (C=S) groups is 1. The van der Waals surface area contributed by atoms with Crippen molar-refractivity contribution in [3.8, 4) is 0 Å². The van der Waals surface area contributed by atoms with Crippen molar-refractivity contribution in [2.45, 2.75) is 18.2 Å². The largest absolute Gasteiger partial charge is 0.389 e. The molecule has 2 rings (SSSR count). The van der Waals surface area contributed by atoms with Crippen LogP contribution >= 0.6 is 12.2 Å². The number of sulfonamides is 1. The van der Waals surface area contributed by atoms with Gasteiger partial charge < -0.3 is 5.73 Å². The minimum Gasteiger partial charge on any atom is -0.389 e. The summed E-state index contributed by atoms with van der Waals surface area (Å²) in [4.78, 5) is 0.376. The number of nitrogens with two attached hydrogens (primary N) is 1. The zero-order valence-electron chi connectivity index (χ0n) is 11.7. The van der Waals surface area contributed by atoms with Crippen molar-refractivity contribution in [2.75, 3.05) is 4.72 Å². The maximum atomic E-state index is 12.3. The Morgan fingerprint density at radius 1 is 1.38 bits per heavy atom. The van der Waals surface area contributed by atoms with E-state index in [0.29, 0.717) is 23.4 Å². The summed E-state index contributed by atoms with van der Waals surface area (Å²) in [5.41, 5.74) is 7.30. The van der Waals surface area contributed by atoms with E-state index >= 15 is 0 Å². The summed E-state index contributed by atoms with van der Waals surface area (Å²) >= 11 is 4.84. The normalized spacial score (nSPS) is 11.3. The fourth-order valence-corrected chi connectivity index (χ4v) is 3.09. The fourth-order valence-electron chi connectivity index (χ4n) is 1.88. The van der Waals surface area contributed by atoms with E-state index in [2.05, 4.69) is 9.82 Å². The summed E-state index contributed by atoms with van der Waals surface area (Å²) in [5, 5.41) is 4.20. The van der Waals surface area contributed by atoms with E-state index in [1.165, 1.54) is 12.1 Å². The molecule has 1 aromatic carbocycles. The van der Waals surface area contributed by atoms with Gasteiger partial charge in [-0.2, -0.15) is 5.10 Å². The van der Waals surface area contributed by atoms with E-state index in [9.17, 15) is 8.42 Å². The van der Waals surface area contributed by atoms with E-state index in [-0.39, 0.29) is 9.88 Å². The summed E-state index contributed by atoms with van der Waals surface area (Å²) in [5.74, 6) is 0. The van der Waals surface area contributed by atoms with Gasteiger partial charge in [-0.15, -0.1) is 0 Å². The van der Waals surface area contributed by atoms with Crippen molar-refractivity contribution in [3.05, 3.63) is 41.7 Å². The Labute approximate surface area is 129 Å². The molecule has 0 saturated heterocycles. The van der Waals surface area contributed by atoms with Gasteiger partial charge in [-0.3, -0.25) is 9.40 Å². The highest BCUT2D eigenvalue weighted by molar-refractivity contribution is 7.92. The van der Waals surface area contributed by atoms with Crippen molar-refractivity contribution in [2.24, 2.45) is 12.8 Å². The molecule has 0 aliphatic rings. The van der Waals surface area contributed by atoms with Gasteiger partial charge >= 0.3 is 0 Å². The minimum atomic E-state index is -3.66. The first kappa shape index (κ1) is 15.5. The van der Waals surface area contributed by atoms with E-state index in [4.69, 9.17) is 18.0 Å². The molecule has 0 aliphatic carbocycles. The summed E-state index contributed by atoms with van der Waals surface area (Å²) in [6.45, 7) is 1.91. The molecule has 0 radical (unpaired) electrons. The molecule has 0 saturated carbocycles. The standard InChI is InChI=1S/C13H16N4O2S2/c1-3-11-12(8-17(2)15-11)16-21(18,19)10-6-4-9(5-7-10)13(14)20/h4-8,16H,3H2,1-2H3,(H2,14,20). The van der Waals surface area contributed by atoms with Gasteiger partial charge in [-0.25, -0.2) is 8.42 Å². The Morgan fingerprint density at radius 3 is 2.52 bits per heavy atom. The topological polar surface area (TPSA) is 90.0 Å². The molecular formula is C13H16N4O2S2. The number of rotatable bonds is 5. The molecule has 1 aromatic heterocycles. The Bertz CT molecular complexity index is 764. The Balaban J connectivity index is 2.31. The molecule has 1 heterocycles. The number of aryl methyl sites for hydroxylation is 2. The molecule has 0 atom stereocenters. The molecule has 6 nitrogen and oxygen atoms in total. The molecular weight excluding hydrogens is 308 g/mol. The van der Waals surface area contributed by atoms with Gasteiger partial charge in [0, 0.05) is 18.8 Å². The second-order valence-electron chi connectivity index (χ2n) is 4.51. The second-order valence-corrected chi connectivity index (χ2v) is 6.63. The Hall–Kier alpha value is -1.93. The van der Waals surface area contributed by atoms with Gasteiger partial charge in [0.05, 0.1) is 16.3 Å². The molecule has 0 unspecified atom stereocenters. The van der Waals surface area contributed by atoms with Gasteiger partial charge in [0.25, 0.3) is 10.0 Å². The third kappa shape index (κ3) is 3.40. The molecule has 8 heteroatoms. The van der Waals surface area contributed by atoms with Gasteiger partial charge in [0.15, 0.2) is 0 Å². The molecule has 112 valence electrons. The van der Waals surface area contributed by atoms with Crippen molar-refractivity contribution < 1.29 is 8.42 Å². The third-order valence-electron chi connectivity index (χ3n) is 2.93. The van der Waals surface area contributed by atoms with Gasteiger partial charge in [-0.1, -0.05) is 31.3 Å². The summed E-state index contributed by atoms with van der Waals surface area (Å²) in [6, 6.07) is 6.11.